The van der Waals surface area contributed by atoms with Crippen molar-refractivity contribution in [2.45, 2.75) is 13.0 Å². The fourth-order valence-electron chi connectivity index (χ4n) is 1.73. The topological polar surface area (TPSA) is 54.5 Å². The second-order valence-corrected chi connectivity index (χ2v) is 5.68. The summed E-state index contributed by atoms with van der Waals surface area (Å²) in [5.41, 5.74) is 0. The average molecular weight is 323 g/mol. The third kappa shape index (κ3) is 4.78. The van der Waals surface area contributed by atoms with Crippen molar-refractivity contribution in [3.63, 3.8) is 0 Å². The molecule has 1 amide bonds. The number of halogens is 1. The fraction of sp³-hybridized carbons (Fsp3) is 0.333. The first kappa shape index (κ1) is 16.4. The van der Waals surface area contributed by atoms with Crippen LogP contribution in [0.5, 0.6) is 5.75 Å². The van der Waals surface area contributed by atoms with Crippen molar-refractivity contribution in [2.24, 2.45) is 0 Å². The summed E-state index contributed by atoms with van der Waals surface area (Å²) in [5.74, 6) is 0.200. The van der Waals surface area contributed by atoms with Gasteiger partial charge in [0, 0.05) is 18.1 Å². The molecule has 0 aliphatic carbocycles. The van der Waals surface area contributed by atoms with E-state index in [-0.39, 0.29) is 17.8 Å². The Balaban J connectivity index is 1.74. The monoisotopic (exact) mass is 323 g/mol. The van der Waals surface area contributed by atoms with Crippen LogP contribution in [-0.4, -0.2) is 42.0 Å². The molecular formula is C15H18FN3O2S. The van der Waals surface area contributed by atoms with Crippen LogP contribution < -0.4 is 10.1 Å². The minimum Gasteiger partial charge on any atom is -0.492 e. The third-order valence-corrected chi connectivity index (χ3v) is 3.92. The van der Waals surface area contributed by atoms with Crippen molar-refractivity contribution < 1.29 is 13.9 Å². The number of rotatable bonds is 7. The summed E-state index contributed by atoms with van der Waals surface area (Å²) in [6.45, 7) is 2.81. The van der Waals surface area contributed by atoms with Gasteiger partial charge in [-0.2, -0.15) is 0 Å². The number of nitrogens with one attached hydrogen (secondary N) is 1. The number of benzene rings is 1. The molecule has 0 saturated carbocycles. The van der Waals surface area contributed by atoms with E-state index in [4.69, 9.17) is 4.74 Å². The van der Waals surface area contributed by atoms with Gasteiger partial charge in [0.2, 0.25) is 5.91 Å². The Hall–Kier alpha value is -1.99. The van der Waals surface area contributed by atoms with Crippen LogP contribution in [0.2, 0.25) is 0 Å². The minimum atomic E-state index is -0.305. The zero-order chi connectivity index (χ0) is 15.9. The van der Waals surface area contributed by atoms with Gasteiger partial charge in [0.15, 0.2) is 5.13 Å². The Bertz CT molecular complexity index is 589. The number of hydrogen-bond donors (Lipinski definition) is 1. The smallest absolute Gasteiger partial charge is 0.243 e. The van der Waals surface area contributed by atoms with Gasteiger partial charge in [-0.3, -0.25) is 9.69 Å². The summed E-state index contributed by atoms with van der Waals surface area (Å²) >= 11 is 1.38. The summed E-state index contributed by atoms with van der Waals surface area (Å²) in [5, 5.41) is 5.16. The highest BCUT2D eigenvalue weighted by Crippen LogP contribution is 2.12. The molecule has 22 heavy (non-hydrogen) atoms. The molecule has 0 aliphatic rings. The van der Waals surface area contributed by atoms with E-state index in [2.05, 4.69) is 10.3 Å². The molecule has 1 aromatic carbocycles. The number of nitrogens with zero attached hydrogens (tertiary/aromatic N) is 2. The van der Waals surface area contributed by atoms with Crippen molar-refractivity contribution in [1.82, 2.24) is 9.88 Å². The van der Waals surface area contributed by atoms with E-state index < -0.39 is 0 Å². The van der Waals surface area contributed by atoms with Crippen LogP contribution >= 0.6 is 11.3 Å². The Morgan fingerprint density at radius 3 is 2.82 bits per heavy atom. The highest BCUT2D eigenvalue weighted by Gasteiger charge is 2.18. The lowest BCUT2D eigenvalue weighted by Crippen LogP contribution is -2.41. The highest BCUT2D eigenvalue weighted by molar-refractivity contribution is 7.13. The molecule has 0 bridgehead atoms. The zero-order valence-electron chi connectivity index (χ0n) is 12.5. The molecule has 2 aromatic rings. The van der Waals surface area contributed by atoms with Crippen LogP contribution in [0.4, 0.5) is 9.52 Å². The molecule has 0 unspecified atom stereocenters. The van der Waals surface area contributed by atoms with Crippen LogP contribution in [0.25, 0.3) is 0 Å². The van der Waals surface area contributed by atoms with Gasteiger partial charge in [0.05, 0.1) is 6.04 Å². The molecule has 1 N–H and O–H groups in total. The molecule has 1 atom stereocenters. The standard InChI is InChI=1S/C15H18FN3O2S/c1-11(14(20)18-15-17-7-10-22-15)19(2)8-9-21-13-5-3-12(16)4-6-13/h3-7,10-11H,8-9H2,1-2H3,(H,17,18,20)/t11-/m0/s1. The van der Waals surface area contributed by atoms with Gasteiger partial charge in [-0.1, -0.05) is 0 Å². The summed E-state index contributed by atoms with van der Waals surface area (Å²) in [6, 6.07) is 5.55. The first-order valence-corrected chi connectivity index (χ1v) is 7.73. The molecule has 2 rings (SSSR count). The number of ether oxygens (including phenoxy) is 1. The lowest BCUT2D eigenvalue weighted by atomic mass is 10.3. The van der Waals surface area contributed by atoms with Crippen LogP contribution in [0.3, 0.4) is 0 Å². The van der Waals surface area contributed by atoms with Gasteiger partial charge in [-0.15, -0.1) is 11.3 Å². The Kier molecular flexibility index (Phi) is 5.85. The van der Waals surface area contributed by atoms with Crippen molar-refractivity contribution >= 4 is 22.4 Å². The van der Waals surface area contributed by atoms with Crippen LogP contribution in [0, 0.1) is 5.82 Å². The normalized spacial score (nSPS) is 12.2. The fourth-order valence-corrected chi connectivity index (χ4v) is 2.26. The van der Waals surface area contributed by atoms with E-state index in [1.165, 1.54) is 23.5 Å². The lowest BCUT2D eigenvalue weighted by Gasteiger charge is -2.23. The summed E-state index contributed by atoms with van der Waals surface area (Å²) < 4.78 is 18.3. The molecule has 0 fully saturated rings. The van der Waals surface area contributed by atoms with Crippen LogP contribution in [0.1, 0.15) is 6.92 Å². The highest BCUT2D eigenvalue weighted by atomic mass is 32.1. The Morgan fingerprint density at radius 2 is 2.18 bits per heavy atom. The SMILES string of the molecule is C[C@@H](C(=O)Nc1nccs1)N(C)CCOc1ccc(F)cc1. The first-order valence-electron chi connectivity index (χ1n) is 6.85. The quantitative estimate of drug-likeness (QED) is 0.851. The number of hydrogen-bond acceptors (Lipinski definition) is 5. The first-order chi connectivity index (χ1) is 10.6. The molecule has 1 aromatic heterocycles. The maximum atomic E-state index is 12.8. The van der Waals surface area contributed by atoms with E-state index in [0.29, 0.717) is 24.0 Å². The molecule has 1 heterocycles. The van der Waals surface area contributed by atoms with Gasteiger partial charge in [0.25, 0.3) is 0 Å². The summed E-state index contributed by atoms with van der Waals surface area (Å²) in [7, 11) is 1.85. The van der Waals surface area contributed by atoms with Crippen molar-refractivity contribution in [2.75, 3.05) is 25.5 Å². The number of carbonyl (C=O) groups is 1. The van der Waals surface area contributed by atoms with Gasteiger partial charge in [-0.05, 0) is 38.2 Å². The van der Waals surface area contributed by atoms with E-state index in [9.17, 15) is 9.18 Å². The zero-order valence-corrected chi connectivity index (χ0v) is 13.3. The van der Waals surface area contributed by atoms with Gasteiger partial charge >= 0.3 is 0 Å². The van der Waals surface area contributed by atoms with E-state index in [1.807, 2.05) is 18.9 Å². The molecule has 0 aliphatic heterocycles. The van der Waals surface area contributed by atoms with Gasteiger partial charge in [-0.25, -0.2) is 9.37 Å². The number of amides is 1. The maximum Gasteiger partial charge on any atom is 0.243 e. The van der Waals surface area contributed by atoms with E-state index in [0.717, 1.165) is 0 Å². The Labute approximate surface area is 132 Å². The molecule has 5 nitrogen and oxygen atoms in total. The van der Waals surface area contributed by atoms with E-state index in [1.54, 1.807) is 23.7 Å². The summed E-state index contributed by atoms with van der Waals surface area (Å²) in [6.07, 6.45) is 1.64. The van der Waals surface area contributed by atoms with Crippen molar-refractivity contribution in [1.29, 1.82) is 0 Å². The Morgan fingerprint density at radius 1 is 1.45 bits per heavy atom. The number of carbonyl (C=O) groups excluding carboxylic acids is 1. The predicted octanol–water partition coefficient (Wildman–Crippen LogP) is 2.62. The molecular weight excluding hydrogens is 305 g/mol. The number of thiazole rings is 1. The number of aromatic nitrogens is 1. The van der Waals surface area contributed by atoms with Crippen LogP contribution in [-0.2, 0) is 4.79 Å². The molecule has 7 heteroatoms. The molecule has 0 spiro atoms. The minimum absolute atomic E-state index is 0.112. The third-order valence-electron chi connectivity index (χ3n) is 3.23. The maximum absolute atomic E-state index is 12.8. The summed E-state index contributed by atoms with van der Waals surface area (Å²) in [4.78, 5) is 18.0. The second-order valence-electron chi connectivity index (χ2n) is 4.79. The van der Waals surface area contributed by atoms with E-state index >= 15 is 0 Å². The molecule has 0 radical (unpaired) electrons. The average Bonchev–Trinajstić information content (AvgIpc) is 3.01. The van der Waals surface area contributed by atoms with Gasteiger partial charge in [0.1, 0.15) is 18.2 Å². The number of likely N-dealkylation sites (N-methyl/N-ethyl adjacent to an activating group) is 1. The van der Waals surface area contributed by atoms with Crippen molar-refractivity contribution in [3.8, 4) is 5.75 Å². The second kappa shape index (κ2) is 7.86. The molecule has 0 saturated heterocycles. The lowest BCUT2D eigenvalue weighted by molar-refractivity contribution is -0.120. The molecule has 118 valence electrons. The van der Waals surface area contributed by atoms with Crippen LogP contribution in [0.15, 0.2) is 35.8 Å². The number of anilines is 1. The van der Waals surface area contributed by atoms with Gasteiger partial charge < -0.3 is 10.1 Å². The van der Waals surface area contributed by atoms with Crippen molar-refractivity contribution in [3.05, 3.63) is 41.7 Å². The predicted molar refractivity (Wildman–Crippen MR) is 84.7 cm³/mol. The largest absolute Gasteiger partial charge is 0.492 e.